The first-order valence-electron chi connectivity index (χ1n) is 5.13. The third-order valence-corrected chi connectivity index (χ3v) is 2.73. The molecule has 15 heavy (non-hydrogen) atoms. The molecule has 6 nitrogen and oxygen atoms in total. The van der Waals surface area contributed by atoms with Crippen molar-refractivity contribution in [2.75, 3.05) is 12.3 Å². The third-order valence-electron chi connectivity index (χ3n) is 2.73. The van der Waals surface area contributed by atoms with Gasteiger partial charge >= 0.3 is 0 Å². The molecule has 1 aromatic heterocycles. The predicted molar refractivity (Wildman–Crippen MR) is 55.0 cm³/mol. The maximum absolute atomic E-state index is 11.5. The van der Waals surface area contributed by atoms with Gasteiger partial charge in [0, 0.05) is 6.54 Å². The largest absolute Gasteiger partial charge is 0.366 e. The Labute approximate surface area is 87.6 Å². The third kappa shape index (κ3) is 2.45. The highest BCUT2D eigenvalue weighted by molar-refractivity contribution is 5.90. The number of aromatic amines is 1. The van der Waals surface area contributed by atoms with E-state index < -0.39 is 0 Å². The van der Waals surface area contributed by atoms with Gasteiger partial charge in [-0.2, -0.15) is 4.98 Å². The zero-order chi connectivity index (χ0) is 10.8. The molecular formula is C9H15N5O. The van der Waals surface area contributed by atoms with Gasteiger partial charge in [-0.05, 0) is 24.7 Å². The van der Waals surface area contributed by atoms with E-state index in [0.717, 1.165) is 5.92 Å². The molecule has 1 unspecified atom stereocenters. The smallest absolute Gasteiger partial charge is 0.288 e. The van der Waals surface area contributed by atoms with Crippen molar-refractivity contribution in [3.05, 3.63) is 5.82 Å². The molecule has 1 heterocycles. The van der Waals surface area contributed by atoms with Crippen molar-refractivity contribution in [1.82, 2.24) is 20.5 Å². The van der Waals surface area contributed by atoms with Gasteiger partial charge in [-0.3, -0.25) is 9.89 Å². The Morgan fingerprint density at radius 3 is 3.00 bits per heavy atom. The topological polar surface area (TPSA) is 96.7 Å². The molecule has 4 N–H and O–H groups in total. The van der Waals surface area contributed by atoms with Crippen molar-refractivity contribution in [3.63, 3.8) is 0 Å². The lowest BCUT2D eigenvalue weighted by atomic mass is 10.1. The number of hydrogen-bond acceptors (Lipinski definition) is 4. The van der Waals surface area contributed by atoms with Gasteiger partial charge in [0.2, 0.25) is 11.8 Å². The number of nitrogens with one attached hydrogen (secondary N) is 2. The summed E-state index contributed by atoms with van der Waals surface area (Å²) in [5.41, 5.74) is 5.30. The number of rotatable bonds is 4. The van der Waals surface area contributed by atoms with Gasteiger partial charge in [-0.1, -0.05) is 6.92 Å². The SMILES string of the molecule is CC(CNC(=O)c1nc(N)n[nH]1)C1CC1. The van der Waals surface area contributed by atoms with Crippen LogP contribution in [0.4, 0.5) is 5.95 Å². The summed E-state index contributed by atoms with van der Waals surface area (Å²) >= 11 is 0. The van der Waals surface area contributed by atoms with Crippen molar-refractivity contribution >= 4 is 11.9 Å². The number of carbonyl (C=O) groups is 1. The van der Waals surface area contributed by atoms with Crippen molar-refractivity contribution < 1.29 is 4.79 Å². The molecule has 1 aromatic rings. The number of anilines is 1. The van der Waals surface area contributed by atoms with Crippen LogP contribution >= 0.6 is 0 Å². The molecule has 0 aliphatic heterocycles. The predicted octanol–water partition coefficient (Wildman–Crippen LogP) is 0.163. The standard InChI is InChI=1S/C9H15N5O/c1-5(6-2-3-6)4-11-8(15)7-12-9(10)14-13-7/h5-6H,2-4H2,1H3,(H,11,15)(H3,10,12,13,14). The van der Waals surface area contributed by atoms with E-state index in [1.54, 1.807) is 0 Å². The molecule has 0 bridgehead atoms. The number of carbonyl (C=O) groups excluding carboxylic acids is 1. The zero-order valence-electron chi connectivity index (χ0n) is 8.66. The maximum atomic E-state index is 11.5. The van der Waals surface area contributed by atoms with Crippen molar-refractivity contribution in [2.24, 2.45) is 11.8 Å². The molecule has 0 spiro atoms. The molecule has 0 saturated heterocycles. The Hall–Kier alpha value is -1.59. The number of nitrogen functional groups attached to an aromatic ring is 1. The van der Waals surface area contributed by atoms with Crippen LogP contribution in [0.25, 0.3) is 0 Å². The molecule has 1 fully saturated rings. The average Bonchev–Trinajstić information content (AvgIpc) is 2.97. The second-order valence-corrected chi connectivity index (χ2v) is 4.07. The van der Waals surface area contributed by atoms with Crippen LogP contribution in [0.15, 0.2) is 0 Å². The number of amides is 1. The van der Waals surface area contributed by atoms with Gasteiger partial charge in [0.1, 0.15) is 0 Å². The lowest BCUT2D eigenvalue weighted by molar-refractivity contribution is 0.0936. The molecule has 1 aliphatic rings. The van der Waals surface area contributed by atoms with Crippen LogP contribution in [0.3, 0.4) is 0 Å². The highest BCUT2D eigenvalue weighted by Crippen LogP contribution is 2.36. The summed E-state index contributed by atoms with van der Waals surface area (Å²) in [5.74, 6) is 1.34. The molecule has 2 rings (SSSR count). The monoisotopic (exact) mass is 209 g/mol. The van der Waals surface area contributed by atoms with Crippen LogP contribution in [0, 0.1) is 11.8 Å². The molecule has 0 radical (unpaired) electrons. The van der Waals surface area contributed by atoms with Gasteiger partial charge in [0.15, 0.2) is 0 Å². The molecule has 0 aromatic carbocycles. The van der Waals surface area contributed by atoms with Gasteiger partial charge in [0.25, 0.3) is 5.91 Å². The van der Waals surface area contributed by atoms with E-state index in [0.29, 0.717) is 12.5 Å². The average molecular weight is 209 g/mol. The van der Waals surface area contributed by atoms with E-state index in [9.17, 15) is 4.79 Å². The fourth-order valence-corrected chi connectivity index (χ4v) is 1.55. The minimum absolute atomic E-state index is 0.0930. The molecule has 1 amide bonds. The summed E-state index contributed by atoms with van der Waals surface area (Å²) in [5, 5.41) is 8.87. The highest BCUT2D eigenvalue weighted by atomic mass is 16.2. The van der Waals surface area contributed by atoms with Gasteiger partial charge in [-0.15, -0.1) is 5.10 Å². The van der Waals surface area contributed by atoms with E-state index in [1.807, 2.05) is 0 Å². The van der Waals surface area contributed by atoms with Crippen molar-refractivity contribution in [1.29, 1.82) is 0 Å². The summed E-state index contributed by atoms with van der Waals surface area (Å²) in [6.45, 7) is 2.83. The van der Waals surface area contributed by atoms with E-state index in [2.05, 4.69) is 27.4 Å². The van der Waals surface area contributed by atoms with Crippen LogP contribution in [-0.2, 0) is 0 Å². The summed E-state index contributed by atoms with van der Waals surface area (Å²) in [7, 11) is 0. The number of nitrogens with zero attached hydrogens (tertiary/aromatic N) is 2. The van der Waals surface area contributed by atoms with Gasteiger partial charge in [-0.25, -0.2) is 0 Å². The second kappa shape index (κ2) is 3.88. The highest BCUT2D eigenvalue weighted by Gasteiger charge is 2.28. The molecule has 82 valence electrons. The minimum atomic E-state index is -0.244. The van der Waals surface area contributed by atoms with Crippen LogP contribution in [0.5, 0.6) is 0 Å². The molecular weight excluding hydrogens is 194 g/mol. The first-order chi connectivity index (χ1) is 7.16. The van der Waals surface area contributed by atoms with Crippen LogP contribution < -0.4 is 11.1 Å². The lowest BCUT2D eigenvalue weighted by Gasteiger charge is -2.09. The quantitative estimate of drug-likeness (QED) is 0.658. The van der Waals surface area contributed by atoms with Crippen molar-refractivity contribution in [2.45, 2.75) is 19.8 Å². The Morgan fingerprint density at radius 2 is 2.47 bits per heavy atom. The number of nitrogens with two attached hydrogens (primary N) is 1. The first kappa shape index (κ1) is 9.95. The normalized spacial score (nSPS) is 17.4. The molecule has 1 aliphatic carbocycles. The van der Waals surface area contributed by atoms with Crippen LogP contribution in [-0.4, -0.2) is 27.6 Å². The fourth-order valence-electron chi connectivity index (χ4n) is 1.55. The summed E-state index contributed by atoms with van der Waals surface area (Å²) in [6.07, 6.45) is 2.57. The Kier molecular flexibility index (Phi) is 2.57. The van der Waals surface area contributed by atoms with Gasteiger partial charge in [0.05, 0.1) is 0 Å². The van der Waals surface area contributed by atoms with E-state index in [4.69, 9.17) is 5.73 Å². The Bertz CT molecular complexity index is 357. The Morgan fingerprint density at radius 1 is 1.73 bits per heavy atom. The fraction of sp³-hybridized carbons (Fsp3) is 0.667. The van der Waals surface area contributed by atoms with E-state index in [-0.39, 0.29) is 17.7 Å². The summed E-state index contributed by atoms with van der Waals surface area (Å²) in [4.78, 5) is 15.3. The van der Waals surface area contributed by atoms with Crippen LogP contribution in [0.1, 0.15) is 30.4 Å². The summed E-state index contributed by atoms with van der Waals surface area (Å²) < 4.78 is 0. The minimum Gasteiger partial charge on any atom is -0.366 e. The lowest BCUT2D eigenvalue weighted by Crippen LogP contribution is -2.29. The Balaban J connectivity index is 1.81. The van der Waals surface area contributed by atoms with Crippen molar-refractivity contribution in [3.8, 4) is 0 Å². The number of aromatic nitrogens is 3. The maximum Gasteiger partial charge on any atom is 0.288 e. The first-order valence-corrected chi connectivity index (χ1v) is 5.13. The van der Waals surface area contributed by atoms with Gasteiger partial charge < -0.3 is 11.1 Å². The molecule has 6 heteroatoms. The number of hydrogen-bond donors (Lipinski definition) is 3. The zero-order valence-corrected chi connectivity index (χ0v) is 8.66. The van der Waals surface area contributed by atoms with Crippen LogP contribution in [0.2, 0.25) is 0 Å². The summed E-state index contributed by atoms with van der Waals surface area (Å²) in [6, 6.07) is 0. The molecule has 1 saturated carbocycles. The molecule has 1 atom stereocenters. The number of H-pyrrole nitrogens is 1. The van der Waals surface area contributed by atoms with E-state index >= 15 is 0 Å². The van der Waals surface area contributed by atoms with E-state index in [1.165, 1.54) is 12.8 Å². The second-order valence-electron chi connectivity index (χ2n) is 4.07.